The molecule has 2 nitrogen and oxygen atoms in total. The van der Waals surface area contributed by atoms with E-state index in [1.165, 1.54) is 23.1 Å². The van der Waals surface area contributed by atoms with E-state index in [4.69, 9.17) is 4.74 Å². The molecule has 0 spiro atoms. The van der Waals surface area contributed by atoms with Gasteiger partial charge in [0, 0.05) is 18.5 Å². The zero-order valence-corrected chi connectivity index (χ0v) is 14.3. The summed E-state index contributed by atoms with van der Waals surface area (Å²) in [5.41, 5.74) is 3.93. The van der Waals surface area contributed by atoms with Gasteiger partial charge in [-0.15, -0.1) is 0 Å². The van der Waals surface area contributed by atoms with Crippen LogP contribution in [0.3, 0.4) is 0 Å². The lowest BCUT2D eigenvalue weighted by Gasteiger charge is -2.08. The number of benzene rings is 3. The van der Waals surface area contributed by atoms with Gasteiger partial charge in [0.15, 0.2) is 0 Å². The molecular formula is C23H23NO. The molecule has 0 aliphatic heterocycles. The van der Waals surface area contributed by atoms with Gasteiger partial charge in [0.25, 0.3) is 0 Å². The van der Waals surface area contributed by atoms with Crippen molar-refractivity contribution in [2.45, 2.75) is 31.5 Å². The average molecular weight is 329 g/mol. The van der Waals surface area contributed by atoms with Crippen molar-refractivity contribution in [3.05, 3.63) is 102 Å². The zero-order valence-electron chi connectivity index (χ0n) is 14.3. The van der Waals surface area contributed by atoms with Crippen molar-refractivity contribution in [3.63, 3.8) is 0 Å². The highest BCUT2D eigenvalue weighted by molar-refractivity contribution is 5.30. The Morgan fingerprint density at radius 3 is 2.16 bits per heavy atom. The molecule has 1 aliphatic carbocycles. The molecule has 0 amide bonds. The van der Waals surface area contributed by atoms with Crippen LogP contribution in [0.2, 0.25) is 0 Å². The van der Waals surface area contributed by atoms with Gasteiger partial charge in [0.1, 0.15) is 12.4 Å². The van der Waals surface area contributed by atoms with Crippen LogP contribution in [0.15, 0.2) is 84.9 Å². The molecular weight excluding hydrogens is 306 g/mol. The van der Waals surface area contributed by atoms with E-state index in [9.17, 15) is 0 Å². The molecule has 0 aromatic heterocycles. The van der Waals surface area contributed by atoms with Crippen LogP contribution in [-0.2, 0) is 13.2 Å². The molecule has 0 radical (unpaired) electrons. The van der Waals surface area contributed by atoms with Gasteiger partial charge in [-0.2, -0.15) is 0 Å². The van der Waals surface area contributed by atoms with Gasteiger partial charge in [-0.1, -0.05) is 72.8 Å². The minimum absolute atomic E-state index is 0.608. The highest BCUT2D eigenvalue weighted by Gasteiger charge is 2.37. The lowest BCUT2D eigenvalue weighted by molar-refractivity contribution is 0.306. The maximum Gasteiger partial charge on any atom is 0.119 e. The van der Waals surface area contributed by atoms with Gasteiger partial charge >= 0.3 is 0 Å². The molecule has 1 N–H and O–H groups in total. The van der Waals surface area contributed by atoms with Gasteiger partial charge in [-0.25, -0.2) is 0 Å². The third-order valence-corrected chi connectivity index (χ3v) is 4.76. The quantitative estimate of drug-likeness (QED) is 0.665. The van der Waals surface area contributed by atoms with Gasteiger partial charge < -0.3 is 10.1 Å². The molecule has 2 heteroatoms. The van der Waals surface area contributed by atoms with Crippen LogP contribution < -0.4 is 10.1 Å². The summed E-state index contributed by atoms with van der Waals surface area (Å²) in [6, 6.07) is 30.0. The fraction of sp³-hybridized carbons (Fsp3) is 0.217. The minimum Gasteiger partial charge on any atom is -0.489 e. The maximum absolute atomic E-state index is 5.84. The summed E-state index contributed by atoms with van der Waals surface area (Å²) in [5.74, 6) is 1.59. The van der Waals surface area contributed by atoms with Crippen LogP contribution in [0, 0.1) is 0 Å². The molecule has 1 aliphatic rings. The molecule has 25 heavy (non-hydrogen) atoms. The summed E-state index contributed by atoms with van der Waals surface area (Å²) < 4.78 is 5.84. The Hall–Kier alpha value is -2.58. The van der Waals surface area contributed by atoms with Crippen molar-refractivity contribution in [3.8, 4) is 5.75 Å². The second-order valence-corrected chi connectivity index (χ2v) is 6.66. The summed E-state index contributed by atoms with van der Waals surface area (Å²) in [6.45, 7) is 1.52. The van der Waals surface area contributed by atoms with E-state index in [0.29, 0.717) is 18.6 Å². The third-order valence-electron chi connectivity index (χ3n) is 4.76. The summed E-state index contributed by atoms with van der Waals surface area (Å²) in [6.07, 6.45) is 1.24. The first-order valence-corrected chi connectivity index (χ1v) is 8.92. The fourth-order valence-electron chi connectivity index (χ4n) is 3.18. The zero-order chi connectivity index (χ0) is 16.9. The van der Waals surface area contributed by atoms with Crippen LogP contribution in [0.1, 0.15) is 29.0 Å². The predicted octanol–water partition coefficient (Wildman–Crippen LogP) is 4.91. The van der Waals surface area contributed by atoms with Crippen LogP contribution in [0.25, 0.3) is 0 Å². The maximum atomic E-state index is 5.84. The number of nitrogens with one attached hydrogen (secondary N) is 1. The number of rotatable bonds is 7. The first-order chi connectivity index (χ1) is 12.4. The van der Waals surface area contributed by atoms with Crippen molar-refractivity contribution in [1.82, 2.24) is 5.32 Å². The molecule has 4 rings (SSSR count). The van der Waals surface area contributed by atoms with Crippen LogP contribution in [-0.4, -0.2) is 6.04 Å². The number of ether oxygens (including phenoxy) is 1. The molecule has 0 saturated heterocycles. The van der Waals surface area contributed by atoms with Crippen molar-refractivity contribution in [2.24, 2.45) is 0 Å². The third kappa shape index (κ3) is 4.28. The molecule has 1 fully saturated rings. The van der Waals surface area contributed by atoms with E-state index in [-0.39, 0.29) is 0 Å². The summed E-state index contributed by atoms with van der Waals surface area (Å²) in [5, 5.41) is 3.66. The molecule has 3 aromatic carbocycles. The second kappa shape index (κ2) is 7.54. The summed E-state index contributed by atoms with van der Waals surface area (Å²) >= 11 is 0. The van der Waals surface area contributed by atoms with E-state index in [2.05, 4.69) is 72.0 Å². The van der Waals surface area contributed by atoms with Gasteiger partial charge in [-0.3, -0.25) is 0 Å². The summed E-state index contributed by atoms with van der Waals surface area (Å²) in [4.78, 5) is 0. The monoisotopic (exact) mass is 329 g/mol. The Bertz CT molecular complexity index is 783. The number of hydrogen-bond donors (Lipinski definition) is 1. The van der Waals surface area contributed by atoms with E-state index in [0.717, 1.165) is 12.3 Å². The Labute approximate surface area is 149 Å². The number of hydrogen-bond acceptors (Lipinski definition) is 2. The normalized spacial score (nSPS) is 18.7. The SMILES string of the molecule is c1ccc(COc2ccc(CNC3CC3c3ccccc3)cc2)cc1. The van der Waals surface area contributed by atoms with Crippen LogP contribution in [0.4, 0.5) is 0 Å². The van der Waals surface area contributed by atoms with E-state index in [1.807, 2.05) is 18.2 Å². The molecule has 0 heterocycles. The highest BCUT2D eigenvalue weighted by Crippen LogP contribution is 2.40. The molecule has 1 saturated carbocycles. The lowest BCUT2D eigenvalue weighted by atomic mass is 10.1. The largest absolute Gasteiger partial charge is 0.489 e. The molecule has 3 aromatic rings. The first-order valence-electron chi connectivity index (χ1n) is 8.92. The molecule has 0 bridgehead atoms. The fourth-order valence-corrected chi connectivity index (χ4v) is 3.18. The smallest absolute Gasteiger partial charge is 0.119 e. The summed E-state index contributed by atoms with van der Waals surface area (Å²) in [7, 11) is 0. The Balaban J connectivity index is 1.24. The van der Waals surface area contributed by atoms with E-state index in [1.54, 1.807) is 0 Å². The highest BCUT2D eigenvalue weighted by atomic mass is 16.5. The Morgan fingerprint density at radius 1 is 0.760 bits per heavy atom. The molecule has 126 valence electrons. The Kier molecular flexibility index (Phi) is 4.80. The van der Waals surface area contributed by atoms with Crippen molar-refractivity contribution in [2.75, 3.05) is 0 Å². The van der Waals surface area contributed by atoms with Crippen LogP contribution >= 0.6 is 0 Å². The van der Waals surface area contributed by atoms with Gasteiger partial charge in [0.2, 0.25) is 0 Å². The Morgan fingerprint density at radius 2 is 1.44 bits per heavy atom. The topological polar surface area (TPSA) is 21.3 Å². The van der Waals surface area contributed by atoms with Crippen molar-refractivity contribution >= 4 is 0 Å². The second-order valence-electron chi connectivity index (χ2n) is 6.66. The first kappa shape index (κ1) is 15.9. The predicted molar refractivity (Wildman–Crippen MR) is 102 cm³/mol. The van der Waals surface area contributed by atoms with Gasteiger partial charge in [-0.05, 0) is 35.2 Å². The lowest BCUT2D eigenvalue weighted by Crippen LogP contribution is -2.17. The van der Waals surface area contributed by atoms with E-state index < -0.39 is 0 Å². The van der Waals surface area contributed by atoms with Crippen molar-refractivity contribution in [1.29, 1.82) is 0 Å². The average Bonchev–Trinajstić information content (AvgIpc) is 3.47. The molecule has 2 unspecified atom stereocenters. The standard InChI is InChI=1S/C23H23NO/c1-3-7-19(8-4-1)17-25-21-13-11-18(12-14-21)16-24-23-15-22(23)20-9-5-2-6-10-20/h1-14,22-24H,15-17H2. The van der Waals surface area contributed by atoms with Gasteiger partial charge in [0.05, 0.1) is 0 Å². The molecule has 2 atom stereocenters. The minimum atomic E-state index is 0.608. The van der Waals surface area contributed by atoms with Crippen molar-refractivity contribution < 1.29 is 4.74 Å². The van der Waals surface area contributed by atoms with Crippen LogP contribution in [0.5, 0.6) is 5.75 Å². The van der Waals surface area contributed by atoms with E-state index >= 15 is 0 Å².